The lowest BCUT2D eigenvalue weighted by Crippen LogP contribution is -2.23. The predicted octanol–water partition coefficient (Wildman–Crippen LogP) is 5.82. The Morgan fingerprint density at radius 1 is 0.818 bits per heavy atom. The van der Waals surface area contributed by atoms with Crippen LogP contribution in [0.4, 0.5) is 0 Å². The van der Waals surface area contributed by atoms with Crippen molar-refractivity contribution in [1.82, 2.24) is 5.32 Å². The number of benzene rings is 1. The van der Waals surface area contributed by atoms with Gasteiger partial charge < -0.3 is 5.32 Å². The zero-order valence-electron chi connectivity index (χ0n) is 14.1. The summed E-state index contributed by atoms with van der Waals surface area (Å²) in [6, 6.07) is 10.3. The Labute approximate surface area is 148 Å². The second-order valence-corrected chi connectivity index (χ2v) is 8.04. The molecule has 0 saturated heterocycles. The summed E-state index contributed by atoms with van der Waals surface area (Å²) in [5.74, 6) is 0. The zero-order chi connectivity index (χ0) is 16.1. The fourth-order valence-corrected chi connectivity index (χ4v) is 3.14. The van der Waals surface area contributed by atoms with Crippen LogP contribution in [0.25, 0.3) is 0 Å². The van der Waals surface area contributed by atoms with E-state index in [1.807, 2.05) is 18.2 Å². The Hall–Kier alpha value is -0.120. The predicted molar refractivity (Wildman–Crippen MR) is 106 cm³/mol. The first kappa shape index (κ1) is 19.9. The first-order valence-corrected chi connectivity index (χ1v) is 9.77. The second-order valence-electron chi connectivity index (χ2n) is 6.16. The maximum absolute atomic E-state index is 4.70. The first-order chi connectivity index (χ1) is 10.7. The monoisotopic (exact) mass is 339 g/mol. The van der Waals surface area contributed by atoms with Crippen molar-refractivity contribution in [3.63, 3.8) is 0 Å². The lowest BCUT2D eigenvalue weighted by molar-refractivity contribution is 0.547. The molecule has 1 aromatic rings. The van der Waals surface area contributed by atoms with E-state index in [0.717, 1.165) is 19.5 Å². The third-order valence-corrected chi connectivity index (χ3v) is 5.06. The molecule has 1 N–H and O–H groups in total. The molecule has 0 spiro atoms. The highest BCUT2D eigenvalue weighted by atomic mass is 32.2. The zero-order valence-corrected chi connectivity index (χ0v) is 15.8. The van der Waals surface area contributed by atoms with Crippen molar-refractivity contribution in [2.75, 3.05) is 13.1 Å². The van der Waals surface area contributed by atoms with Gasteiger partial charge in [0.1, 0.15) is 0 Å². The molecule has 0 aliphatic carbocycles. The summed E-state index contributed by atoms with van der Waals surface area (Å²) in [7, 11) is 0. The van der Waals surface area contributed by atoms with Gasteiger partial charge in [0.05, 0.1) is 4.08 Å². The van der Waals surface area contributed by atoms with Crippen molar-refractivity contribution in [3.05, 3.63) is 35.9 Å². The number of thiol groups is 2. The maximum Gasteiger partial charge on any atom is 0.0814 e. The Morgan fingerprint density at radius 2 is 1.41 bits per heavy atom. The number of hydrogen-bond acceptors (Lipinski definition) is 3. The smallest absolute Gasteiger partial charge is 0.0814 e. The van der Waals surface area contributed by atoms with Gasteiger partial charge >= 0.3 is 0 Å². The quantitative estimate of drug-likeness (QED) is 0.234. The third kappa shape index (κ3) is 9.12. The molecule has 1 rings (SSSR count). The van der Waals surface area contributed by atoms with E-state index in [0.29, 0.717) is 0 Å². The van der Waals surface area contributed by atoms with E-state index in [2.05, 4.69) is 24.4 Å². The first-order valence-electron chi connectivity index (χ1n) is 8.88. The molecular formula is C19H33NS2. The molecule has 1 nitrogen and oxygen atoms in total. The van der Waals surface area contributed by atoms with Crippen LogP contribution in [0.5, 0.6) is 0 Å². The summed E-state index contributed by atoms with van der Waals surface area (Å²) in [4.78, 5) is 0. The molecule has 0 bridgehead atoms. The van der Waals surface area contributed by atoms with Gasteiger partial charge in [-0.25, -0.2) is 0 Å². The third-order valence-electron chi connectivity index (χ3n) is 4.09. The highest BCUT2D eigenvalue weighted by Crippen LogP contribution is 2.35. The topological polar surface area (TPSA) is 12.0 Å². The van der Waals surface area contributed by atoms with Crippen molar-refractivity contribution in [2.45, 2.75) is 68.8 Å². The molecule has 0 amide bonds. The van der Waals surface area contributed by atoms with Crippen molar-refractivity contribution in [3.8, 4) is 0 Å². The summed E-state index contributed by atoms with van der Waals surface area (Å²) in [5, 5.41) is 3.52. The number of nitrogens with one attached hydrogen (secondary N) is 1. The molecule has 0 heterocycles. The van der Waals surface area contributed by atoms with Gasteiger partial charge in [0.15, 0.2) is 0 Å². The molecule has 0 radical (unpaired) electrons. The average Bonchev–Trinajstić information content (AvgIpc) is 2.53. The molecule has 0 aromatic heterocycles. The molecule has 0 atom stereocenters. The van der Waals surface area contributed by atoms with Crippen molar-refractivity contribution in [2.24, 2.45) is 0 Å². The fraction of sp³-hybridized carbons (Fsp3) is 0.684. The average molecular weight is 340 g/mol. The molecule has 0 aliphatic rings. The largest absolute Gasteiger partial charge is 0.317 e. The molecule has 0 saturated carbocycles. The van der Waals surface area contributed by atoms with Crippen LogP contribution in [0.15, 0.2) is 30.3 Å². The van der Waals surface area contributed by atoms with E-state index < -0.39 is 0 Å². The van der Waals surface area contributed by atoms with Crippen LogP contribution in [-0.4, -0.2) is 13.1 Å². The molecule has 0 fully saturated rings. The Balaban J connectivity index is 1.97. The summed E-state index contributed by atoms with van der Waals surface area (Å²) in [5.41, 5.74) is 1.18. The van der Waals surface area contributed by atoms with Gasteiger partial charge in [-0.2, -0.15) is 25.3 Å². The number of unbranched alkanes of at least 4 members (excludes halogenated alkanes) is 7. The fourth-order valence-electron chi connectivity index (χ4n) is 2.62. The van der Waals surface area contributed by atoms with Gasteiger partial charge in [-0.05, 0) is 31.5 Å². The van der Waals surface area contributed by atoms with Crippen LogP contribution in [0.3, 0.4) is 0 Å². The standard InChI is InChI=1S/C19H33NS2/c1-2-3-4-5-6-7-8-12-16-20-17-15-19(21,22)18-13-10-9-11-14-18/h9-11,13-14,20-22H,2-8,12,15-17H2,1H3. The lowest BCUT2D eigenvalue weighted by atomic mass is 10.1. The van der Waals surface area contributed by atoms with Crippen molar-refractivity contribution >= 4 is 25.3 Å². The van der Waals surface area contributed by atoms with E-state index in [1.165, 1.54) is 56.9 Å². The van der Waals surface area contributed by atoms with E-state index >= 15 is 0 Å². The molecule has 3 heteroatoms. The summed E-state index contributed by atoms with van der Waals surface area (Å²) in [6.07, 6.45) is 11.9. The van der Waals surface area contributed by atoms with Crippen LogP contribution in [-0.2, 0) is 4.08 Å². The maximum atomic E-state index is 4.70. The van der Waals surface area contributed by atoms with Crippen LogP contribution in [0.2, 0.25) is 0 Å². The van der Waals surface area contributed by atoms with E-state index in [1.54, 1.807) is 0 Å². The van der Waals surface area contributed by atoms with Gasteiger partial charge in [-0.1, -0.05) is 82.2 Å². The molecule has 0 unspecified atom stereocenters. The minimum Gasteiger partial charge on any atom is -0.317 e. The van der Waals surface area contributed by atoms with E-state index in [-0.39, 0.29) is 4.08 Å². The molecular weight excluding hydrogens is 306 g/mol. The van der Waals surface area contributed by atoms with E-state index in [4.69, 9.17) is 25.3 Å². The lowest BCUT2D eigenvalue weighted by Gasteiger charge is -2.23. The van der Waals surface area contributed by atoms with Gasteiger partial charge in [-0.3, -0.25) is 0 Å². The van der Waals surface area contributed by atoms with Gasteiger partial charge in [0.25, 0.3) is 0 Å². The molecule has 126 valence electrons. The Bertz CT molecular complexity index is 365. The van der Waals surface area contributed by atoms with E-state index in [9.17, 15) is 0 Å². The second kappa shape index (κ2) is 12.3. The van der Waals surface area contributed by atoms with Gasteiger partial charge in [0.2, 0.25) is 0 Å². The minimum absolute atomic E-state index is 0.340. The van der Waals surface area contributed by atoms with Gasteiger partial charge in [-0.15, -0.1) is 0 Å². The van der Waals surface area contributed by atoms with Crippen molar-refractivity contribution < 1.29 is 0 Å². The van der Waals surface area contributed by atoms with Crippen molar-refractivity contribution in [1.29, 1.82) is 0 Å². The van der Waals surface area contributed by atoms with Crippen LogP contribution < -0.4 is 5.32 Å². The van der Waals surface area contributed by atoms with Crippen LogP contribution in [0.1, 0.15) is 70.3 Å². The normalized spacial score (nSPS) is 11.8. The number of hydrogen-bond donors (Lipinski definition) is 3. The summed E-state index contributed by atoms with van der Waals surface area (Å²) < 4.78 is -0.340. The van der Waals surface area contributed by atoms with Crippen LogP contribution >= 0.6 is 25.3 Å². The van der Waals surface area contributed by atoms with Gasteiger partial charge in [0, 0.05) is 0 Å². The Morgan fingerprint density at radius 3 is 2.05 bits per heavy atom. The highest BCUT2D eigenvalue weighted by molar-refractivity contribution is 7.99. The summed E-state index contributed by atoms with van der Waals surface area (Å²) >= 11 is 9.40. The number of rotatable bonds is 13. The SMILES string of the molecule is CCCCCCCCCCNCCC(S)(S)c1ccccc1. The molecule has 1 aromatic carbocycles. The Kier molecular flexibility index (Phi) is 11.2. The molecule has 0 aliphatic heterocycles. The summed E-state index contributed by atoms with van der Waals surface area (Å²) in [6.45, 7) is 4.35. The highest BCUT2D eigenvalue weighted by Gasteiger charge is 2.21. The van der Waals surface area contributed by atoms with Crippen LogP contribution in [0, 0.1) is 0 Å². The molecule has 22 heavy (non-hydrogen) atoms. The minimum atomic E-state index is -0.340.